The minimum atomic E-state index is -0.990. The molecular weight excluding hydrogens is 378 g/mol. The third kappa shape index (κ3) is 4.86. The molecule has 0 radical (unpaired) electrons. The molecule has 2 atom stereocenters. The van der Waals surface area contributed by atoms with Crippen LogP contribution in [-0.4, -0.2) is 38.8 Å². The van der Waals surface area contributed by atoms with Crippen molar-refractivity contribution < 1.29 is 14.3 Å². The van der Waals surface area contributed by atoms with Crippen molar-refractivity contribution in [1.29, 1.82) is 0 Å². The van der Waals surface area contributed by atoms with Crippen LogP contribution in [0.15, 0.2) is 35.1 Å². The van der Waals surface area contributed by atoms with Crippen LogP contribution in [0.1, 0.15) is 32.4 Å². The number of nitrogens with zero attached hydrogens (tertiary/aromatic N) is 2. The summed E-state index contributed by atoms with van der Waals surface area (Å²) in [6, 6.07) is 9.16. The van der Waals surface area contributed by atoms with E-state index in [0.29, 0.717) is 11.4 Å². The molecule has 28 heavy (non-hydrogen) atoms. The van der Waals surface area contributed by atoms with Crippen molar-refractivity contribution >= 4 is 29.3 Å². The average molecular weight is 406 g/mol. The minimum Gasteiger partial charge on any atom is -0.452 e. The summed E-state index contributed by atoms with van der Waals surface area (Å²) in [7, 11) is 1.75. The molecule has 0 saturated heterocycles. The lowest BCUT2D eigenvalue weighted by atomic mass is 10.2. The smallest absolute Gasteiger partial charge is 0.307 e. The molecule has 0 aliphatic heterocycles. The second kappa shape index (κ2) is 9.64. The van der Waals surface area contributed by atoms with Gasteiger partial charge in [-0.2, -0.15) is 11.8 Å². The second-order valence-corrected chi connectivity index (χ2v) is 7.67. The molecule has 0 fully saturated rings. The predicted molar refractivity (Wildman–Crippen MR) is 112 cm³/mol. The van der Waals surface area contributed by atoms with E-state index in [-0.39, 0.29) is 22.9 Å². The Bertz CT molecular complexity index is 885. The molecule has 2 unspecified atom stereocenters. The summed E-state index contributed by atoms with van der Waals surface area (Å²) in [6.07, 6.45) is 2.05. The van der Waals surface area contributed by atoms with Crippen LogP contribution in [0.5, 0.6) is 0 Å². The Hall–Kier alpha value is -2.48. The van der Waals surface area contributed by atoms with Crippen molar-refractivity contribution in [1.82, 2.24) is 9.36 Å². The maximum absolute atomic E-state index is 12.8. The quantitative estimate of drug-likeness (QED) is 0.683. The highest BCUT2D eigenvalue weighted by Gasteiger charge is 2.24. The number of carbonyl (C=O) groups excluding carboxylic acids is 2. The largest absolute Gasteiger partial charge is 0.452 e. The molecule has 1 heterocycles. The first-order valence-electron chi connectivity index (χ1n) is 9.17. The van der Waals surface area contributed by atoms with Gasteiger partial charge in [0.25, 0.3) is 11.5 Å². The van der Waals surface area contributed by atoms with E-state index in [4.69, 9.17) is 4.74 Å². The second-order valence-electron chi connectivity index (χ2n) is 6.53. The van der Waals surface area contributed by atoms with Crippen LogP contribution < -0.4 is 10.9 Å². The van der Waals surface area contributed by atoms with Gasteiger partial charge in [-0.3, -0.25) is 19.1 Å². The SMILES string of the molecule is CCC(CC(=O)OC(C)C(=O)Nc1c(C)n(C)n(-c2ccccc2)c1=O)SC. The van der Waals surface area contributed by atoms with Gasteiger partial charge in [-0.25, -0.2) is 4.68 Å². The number of hydrogen-bond donors (Lipinski definition) is 1. The van der Waals surface area contributed by atoms with E-state index < -0.39 is 18.0 Å². The summed E-state index contributed by atoms with van der Waals surface area (Å²) in [5.74, 6) is -0.952. The van der Waals surface area contributed by atoms with Crippen molar-refractivity contribution in [2.75, 3.05) is 11.6 Å². The maximum Gasteiger partial charge on any atom is 0.307 e. The fourth-order valence-corrected chi connectivity index (χ4v) is 3.45. The van der Waals surface area contributed by atoms with Crippen LogP contribution in [0.4, 0.5) is 5.69 Å². The molecule has 8 heteroatoms. The third-order valence-corrected chi connectivity index (χ3v) is 5.83. The van der Waals surface area contributed by atoms with Crippen LogP contribution in [0, 0.1) is 6.92 Å². The number of hydrogen-bond acceptors (Lipinski definition) is 5. The van der Waals surface area contributed by atoms with Crippen molar-refractivity contribution in [2.24, 2.45) is 7.05 Å². The maximum atomic E-state index is 12.8. The standard InChI is InChI=1S/C20H27N3O4S/c1-6-16(28-5)12-17(24)27-14(3)19(25)21-18-13(2)22(4)23(20(18)26)15-10-8-7-9-11-15/h7-11,14,16H,6,12H2,1-5H3,(H,21,25). The molecule has 0 saturated carbocycles. The molecule has 7 nitrogen and oxygen atoms in total. The lowest BCUT2D eigenvalue weighted by Gasteiger charge is -2.15. The zero-order valence-electron chi connectivity index (χ0n) is 16.9. The van der Waals surface area contributed by atoms with Crippen molar-refractivity contribution in [3.05, 3.63) is 46.4 Å². The minimum absolute atomic E-state index is 0.164. The first-order valence-corrected chi connectivity index (χ1v) is 10.5. The molecule has 152 valence electrons. The molecule has 1 amide bonds. The number of benzene rings is 1. The van der Waals surface area contributed by atoms with E-state index in [2.05, 4.69) is 5.32 Å². The zero-order valence-corrected chi connectivity index (χ0v) is 17.7. The summed E-state index contributed by atoms with van der Waals surface area (Å²) in [6.45, 7) is 5.25. The highest BCUT2D eigenvalue weighted by molar-refractivity contribution is 7.99. The van der Waals surface area contributed by atoms with Crippen LogP contribution in [0.25, 0.3) is 5.69 Å². The summed E-state index contributed by atoms with van der Waals surface area (Å²) in [5.41, 5.74) is 1.14. The lowest BCUT2D eigenvalue weighted by Crippen LogP contribution is -2.32. The Morgan fingerprint density at radius 3 is 2.46 bits per heavy atom. The van der Waals surface area contributed by atoms with Crippen LogP contribution in [0.2, 0.25) is 0 Å². The van der Waals surface area contributed by atoms with Gasteiger partial charge in [0.15, 0.2) is 6.10 Å². The number of carbonyl (C=O) groups is 2. The van der Waals surface area contributed by atoms with E-state index in [1.165, 1.54) is 11.6 Å². The topological polar surface area (TPSA) is 82.3 Å². The van der Waals surface area contributed by atoms with Gasteiger partial charge in [-0.1, -0.05) is 25.1 Å². The van der Waals surface area contributed by atoms with Crippen LogP contribution in [-0.2, 0) is 21.4 Å². The van der Waals surface area contributed by atoms with Gasteiger partial charge in [-0.05, 0) is 38.7 Å². The van der Waals surface area contributed by atoms with Gasteiger partial charge in [-0.15, -0.1) is 0 Å². The first-order chi connectivity index (χ1) is 13.3. The number of amides is 1. The summed E-state index contributed by atoms with van der Waals surface area (Å²) >= 11 is 1.59. The van der Waals surface area contributed by atoms with E-state index in [9.17, 15) is 14.4 Å². The van der Waals surface area contributed by atoms with E-state index in [1.54, 1.807) is 30.4 Å². The summed E-state index contributed by atoms with van der Waals surface area (Å²) in [4.78, 5) is 37.3. The highest BCUT2D eigenvalue weighted by Crippen LogP contribution is 2.17. The Morgan fingerprint density at radius 1 is 1.25 bits per heavy atom. The molecule has 2 rings (SSSR count). The van der Waals surface area contributed by atoms with Gasteiger partial charge in [0.05, 0.1) is 17.8 Å². The van der Waals surface area contributed by atoms with Crippen molar-refractivity contribution in [3.63, 3.8) is 0 Å². The Morgan fingerprint density at radius 2 is 1.89 bits per heavy atom. The van der Waals surface area contributed by atoms with E-state index >= 15 is 0 Å². The van der Waals surface area contributed by atoms with Gasteiger partial charge >= 0.3 is 5.97 Å². The van der Waals surface area contributed by atoms with E-state index in [0.717, 1.165) is 6.42 Å². The number of thioether (sulfide) groups is 1. The molecular formula is C20H27N3O4S. The van der Waals surface area contributed by atoms with Crippen LogP contribution in [0.3, 0.4) is 0 Å². The zero-order chi connectivity index (χ0) is 20.8. The van der Waals surface area contributed by atoms with Crippen molar-refractivity contribution in [2.45, 2.75) is 45.0 Å². The number of esters is 1. The predicted octanol–water partition coefficient (Wildman–Crippen LogP) is 2.89. The van der Waals surface area contributed by atoms with Crippen LogP contribution >= 0.6 is 11.8 Å². The fraction of sp³-hybridized carbons (Fsp3) is 0.450. The monoisotopic (exact) mass is 405 g/mol. The van der Waals surface area contributed by atoms with Gasteiger partial charge in [0, 0.05) is 12.3 Å². The fourth-order valence-electron chi connectivity index (χ4n) is 2.82. The molecule has 0 spiro atoms. The van der Waals surface area contributed by atoms with Gasteiger partial charge in [0.1, 0.15) is 5.69 Å². The van der Waals surface area contributed by atoms with Gasteiger partial charge < -0.3 is 10.1 Å². The molecule has 1 aromatic carbocycles. The lowest BCUT2D eigenvalue weighted by molar-refractivity contribution is -0.153. The number of rotatable bonds is 8. The molecule has 1 N–H and O–H groups in total. The first kappa shape index (κ1) is 21.8. The molecule has 0 bridgehead atoms. The number of ether oxygens (including phenoxy) is 1. The normalized spacial score (nSPS) is 13.0. The number of para-hydroxylation sites is 1. The summed E-state index contributed by atoms with van der Waals surface area (Å²) in [5, 5.41) is 2.78. The van der Waals surface area contributed by atoms with E-state index in [1.807, 2.05) is 43.5 Å². The number of aromatic nitrogens is 2. The average Bonchev–Trinajstić information content (AvgIpc) is 2.89. The Balaban J connectivity index is 2.14. The number of nitrogens with one attached hydrogen (secondary N) is 1. The Kier molecular flexibility index (Phi) is 7.51. The number of anilines is 1. The summed E-state index contributed by atoms with van der Waals surface area (Å²) < 4.78 is 8.39. The molecule has 2 aromatic rings. The van der Waals surface area contributed by atoms with Gasteiger partial charge in [0.2, 0.25) is 0 Å². The third-order valence-electron chi connectivity index (χ3n) is 4.66. The molecule has 0 aliphatic rings. The highest BCUT2D eigenvalue weighted by atomic mass is 32.2. The Labute approximate surface area is 169 Å². The molecule has 1 aromatic heterocycles. The molecule has 0 aliphatic carbocycles. The van der Waals surface area contributed by atoms with Crippen molar-refractivity contribution in [3.8, 4) is 5.69 Å².